The first kappa shape index (κ1) is 15.8. The number of rotatable bonds is 6. The first-order chi connectivity index (χ1) is 9.76. The van der Waals surface area contributed by atoms with E-state index in [1.807, 2.05) is 0 Å². The minimum atomic E-state index is -3.17. The molecule has 0 atom stereocenters. The number of imidazole rings is 1. The summed E-state index contributed by atoms with van der Waals surface area (Å²) in [5, 5.41) is 9.09. The van der Waals surface area contributed by atoms with Crippen LogP contribution in [-0.2, 0) is 21.2 Å². The second-order valence-electron chi connectivity index (χ2n) is 4.49. The quantitative estimate of drug-likeness (QED) is 0.804. The molecule has 0 saturated carbocycles. The highest BCUT2D eigenvalue weighted by Gasteiger charge is 2.15. The number of fused-ring (bicyclic) bond motifs is 1. The van der Waals surface area contributed by atoms with Crippen LogP contribution >= 0.6 is 11.8 Å². The third kappa shape index (κ3) is 4.18. The molecule has 0 aliphatic rings. The average Bonchev–Trinajstić information content (AvgIpc) is 2.69. The molecule has 1 aromatic carbocycles. The van der Waals surface area contributed by atoms with Crippen molar-refractivity contribution in [2.45, 2.75) is 11.7 Å². The summed E-state index contributed by atoms with van der Waals surface area (Å²) in [4.78, 5) is 14.8. The van der Waals surface area contributed by atoms with Gasteiger partial charge in [0.05, 0.1) is 22.5 Å². The molecule has 0 aliphatic carbocycles. The summed E-state index contributed by atoms with van der Waals surface area (Å²) >= 11 is 0.972. The molecule has 0 spiro atoms. The maximum absolute atomic E-state index is 13.2. The smallest absolute Gasteiger partial charge is 0.313 e. The SMILES string of the molecule is CS(=O)(=O)CCn1c(SCC(=O)O)nc2cc(F)ccc21. The summed E-state index contributed by atoms with van der Waals surface area (Å²) in [6, 6.07) is 3.99. The van der Waals surface area contributed by atoms with Gasteiger partial charge < -0.3 is 9.67 Å². The Bertz CT molecular complexity index is 786. The van der Waals surface area contributed by atoms with Crippen molar-refractivity contribution < 1.29 is 22.7 Å². The zero-order valence-electron chi connectivity index (χ0n) is 11.1. The van der Waals surface area contributed by atoms with Gasteiger partial charge >= 0.3 is 5.97 Å². The molecule has 2 aromatic rings. The number of carboxylic acid groups (broad SMARTS) is 1. The Labute approximate surface area is 124 Å². The van der Waals surface area contributed by atoms with Gasteiger partial charge in [-0.15, -0.1) is 0 Å². The van der Waals surface area contributed by atoms with Crippen LogP contribution in [0.5, 0.6) is 0 Å². The molecule has 0 amide bonds. The molecule has 0 saturated heterocycles. The topological polar surface area (TPSA) is 89.3 Å². The molecule has 1 heterocycles. The number of benzene rings is 1. The Hall–Kier alpha value is -1.61. The highest BCUT2D eigenvalue weighted by atomic mass is 32.2. The molecule has 6 nitrogen and oxygen atoms in total. The highest BCUT2D eigenvalue weighted by Crippen LogP contribution is 2.24. The van der Waals surface area contributed by atoms with Gasteiger partial charge in [-0.3, -0.25) is 4.79 Å². The van der Waals surface area contributed by atoms with Gasteiger partial charge in [0.1, 0.15) is 15.7 Å². The summed E-state index contributed by atoms with van der Waals surface area (Å²) in [6.45, 7) is 0.142. The van der Waals surface area contributed by atoms with Gasteiger partial charge in [0.2, 0.25) is 0 Å². The number of hydrogen-bond donors (Lipinski definition) is 1. The number of aryl methyl sites for hydroxylation is 1. The van der Waals surface area contributed by atoms with E-state index < -0.39 is 21.6 Å². The number of sulfone groups is 1. The van der Waals surface area contributed by atoms with Gasteiger partial charge in [-0.25, -0.2) is 17.8 Å². The number of hydrogen-bond acceptors (Lipinski definition) is 5. The number of thioether (sulfide) groups is 1. The van der Waals surface area contributed by atoms with E-state index in [1.165, 1.54) is 18.2 Å². The minimum absolute atomic E-state index is 0.101. The van der Waals surface area contributed by atoms with Crippen LogP contribution in [0.15, 0.2) is 23.4 Å². The number of carbonyl (C=O) groups is 1. The van der Waals surface area contributed by atoms with Crippen LogP contribution in [0.4, 0.5) is 4.39 Å². The predicted molar refractivity (Wildman–Crippen MR) is 77.8 cm³/mol. The van der Waals surface area contributed by atoms with Gasteiger partial charge in [0.15, 0.2) is 5.16 Å². The summed E-state index contributed by atoms with van der Waals surface area (Å²) in [6.07, 6.45) is 1.12. The molecular weight excluding hydrogens is 319 g/mol. The van der Waals surface area contributed by atoms with E-state index in [-0.39, 0.29) is 18.1 Å². The van der Waals surface area contributed by atoms with Gasteiger partial charge in [0, 0.05) is 18.9 Å². The molecule has 114 valence electrons. The van der Waals surface area contributed by atoms with Crippen LogP contribution in [0.2, 0.25) is 0 Å². The lowest BCUT2D eigenvalue weighted by Crippen LogP contribution is -2.12. The zero-order chi connectivity index (χ0) is 15.6. The first-order valence-corrected chi connectivity index (χ1v) is 8.99. The fourth-order valence-electron chi connectivity index (χ4n) is 1.79. The zero-order valence-corrected chi connectivity index (χ0v) is 12.7. The highest BCUT2D eigenvalue weighted by molar-refractivity contribution is 7.99. The van der Waals surface area contributed by atoms with E-state index in [4.69, 9.17) is 5.11 Å². The Morgan fingerprint density at radius 1 is 1.48 bits per heavy atom. The van der Waals surface area contributed by atoms with E-state index in [0.717, 1.165) is 18.0 Å². The van der Waals surface area contributed by atoms with Crippen molar-refractivity contribution in [3.63, 3.8) is 0 Å². The van der Waals surface area contributed by atoms with Crippen molar-refractivity contribution in [2.75, 3.05) is 17.8 Å². The Balaban J connectivity index is 2.41. The molecular formula is C12H13FN2O4S2. The van der Waals surface area contributed by atoms with E-state index >= 15 is 0 Å². The molecule has 0 fully saturated rings. The maximum Gasteiger partial charge on any atom is 0.313 e. The van der Waals surface area contributed by atoms with E-state index in [9.17, 15) is 17.6 Å². The predicted octanol–water partition coefficient (Wildman–Crippen LogP) is 1.40. The van der Waals surface area contributed by atoms with Crippen molar-refractivity contribution in [3.05, 3.63) is 24.0 Å². The van der Waals surface area contributed by atoms with Gasteiger partial charge in [0.25, 0.3) is 0 Å². The first-order valence-electron chi connectivity index (χ1n) is 5.94. The van der Waals surface area contributed by atoms with Gasteiger partial charge in [-0.05, 0) is 12.1 Å². The number of halogens is 1. The van der Waals surface area contributed by atoms with Crippen LogP contribution in [0.25, 0.3) is 11.0 Å². The number of nitrogens with zero attached hydrogens (tertiary/aromatic N) is 2. The van der Waals surface area contributed by atoms with Crippen molar-refractivity contribution in [1.29, 1.82) is 0 Å². The van der Waals surface area contributed by atoms with Gasteiger partial charge in [-0.1, -0.05) is 11.8 Å². The lowest BCUT2D eigenvalue weighted by molar-refractivity contribution is -0.133. The van der Waals surface area contributed by atoms with Crippen LogP contribution in [0.1, 0.15) is 0 Å². The number of aromatic nitrogens is 2. The van der Waals surface area contributed by atoms with Crippen LogP contribution in [0, 0.1) is 5.82 Å². The second kappa shape index (κ2) is 6.02. The Morgan fingerprint density at radius 3 is 2.81 bits per heavy atom. The maximum atomic E-state index is 13.2. The van der Waals surface area contributed by atoms with Crippen molar-refractivity contribution in [1.82, 2.24) is 9.55 Å². The Morgan fingerprint density at radius 2 is 2.19 bits per heavy atom. The summed E-state index contributed by atoms with van der Waals surface area (Å²) in [5.41, 5.74) is 0.948. The third-order valence-electron chi connectivity index (χ3n) is 2.69. The van der Waals surface area contributed by atoms with Crippen LogP contribution < -0.4 is 0 Å². The van der Waals surface area contributed by atoms with Crippen LogP contribution in [0.3, 0.4) is 0 Å². The summed E-state index contributed by atoms with van der Waals surface area (Å²) < 4.78 is 37.4. The summed E-state index contributed by atoms with van der Waals surface area (Å²) in [5.74, 6) is -1.76. The van der Waals surface area contributed by atoms with E-state index in [1.54, 1.807) is 4.57 Å². The fourth-order valence-corrected chi connectivity index (χ4v) is 3.07. The van der Waals surface area contributed by atoms with Gasteiger partial charge in [-0.2, -0.15) is 0 Å². The van der Waals surface area contributed by atoms with E-state index in [0.29, 0.717) is 16.2 Å². The number of carboxylic acids is 1. The van der Waals surface area contributed by atoms with Crippen LogP contribution in [-0.4, -0.2) is 46.8 Å². The molecule has 0 unspecified atom stereocenters. The largest absolute Gasteiger partial charge is 0.481 e. The Kier molecular flexibility index (Phi) is 4.52. The monoisotopic (exact) mass is 332 g/mol. The van der Waals surface area contributed by atoms with Crippen molar-refractivity contribution in [2.24, 2.45) is 0 Å². The molecule has 1 aromatic heterocycles. The average molecular weight is 332 g/mol. The van der Waals surface area contributed by atoms with Crippen molar-refractivity contribution >= 4 is 38.6 Å². The second-order valence-corrected chi connectivity index (χ2v) is 7.69. The normalized spacial score (nSPS) is 11.9. The lowest BCUT2D eigenvalue weighted by Gasteiger charge is -2.07. The standard InChI is InChI=1S/C12H13FN2O4S2/c1-21(18,19)5-4-15-10-3-2-8(13)6-9(10)14-12(15)20-7-11(16)17/h2-3,6H,4-5,7H2,1H3,(H,16,17). The molecule has 1 N–H and O–H groups in total. The van der Waals surface area contributed by atoms with E-state index in [2.05, 4.69) is 4.98 Å². The minimum Gasteiger partial charge on any atom is -0.481 e. The molecule has 21 heavy (non-hydrogen) atoms. The molecule has 0 aliphatic heterocycles. The summed E-state index contributed by atoms with van der Waals surface area (Å²) in [7, 11) is -3.17. The lowest BCUT2D eigenvalue weighted by atomic mass is 10.3. The molecule has 9 heteroatoms. The fraction of sp³-hybridized carbons (Fsp3) is 0.333. The molecule has 0 radical (unpaired) electrons. The number of aliphatic carboxylic acids is 1. The molecule has 0 bridgehead atoms. The third-order valence-corrected chi connectivity index (χ3v) is 4.57. The van der Waals surface area contributed by atoms with Crippen molar-refractivity contribution in [3.8, 4) is 0 Å². The molecule has 2 rings (SSSR count).